The Hall–Kier alpha value is -4.27. The van der Waals surface area contributed by atoms with Crippen molar-refractivity contribution in [2.75, 3.05) is 57.5 Å². The number of carbonyl (C=O) groups is 3. The molecule has 2 heterocycles. The van der Waals surface area contributed by atoms with Gasteiger partial charge in [0.05, 0.1) is 35.8 Å². The zero-order valence-electron chi connectivity index (χ0n) is 37.7. The van der Waals surface area contributed by atoms with E-state index in [9.17, 15) is 14.4 Å². The molecule has 0 bridgehead atoms. The molecule has 2 amide bonds. The number of nitrogens with one attached hydrogen (secondary N) is 1. The predicted molar refractivity (Wildman–Crippen MR) is 162 cm³/mol. The molecule has 1 N–H and O–H groups in total. The van der Waals surface area contributed by atoms with Gasteiger partial charge in [-0.3, -0.25) is 14.5 Å². The van der Waals surface area contributed by atoms with Crippen molar-refractivity contribution in [3.63, 3.8) is 0 Å². The molecule has 41 heavy (non-hydrogen) atoms. The summed E-state index contributed by atoms with van der Waals surface area (Å²) in [6.07, 6.45) is -0.341. The number of piperazine rings is 1. The molecule has 5 rings (SSSR count). The lowest BCUT2D eigenvalue weighted by atomic mass is 9.90. The summed E-state index contributed by atoms with van der Waals surface area (Å²) in [6.45, 7) is -8.69. The van der Waals surface area contributed by atoms with Gasteiger partial charge in [-0.05, 0) is 61.3 Å². The first-order chi connectivity index (χ1) is 25.7. The van der Waals surface area contributed by atoms with Gasteiger partial charge in [0.2, 0.25) is 5.91 Å². The first-order valence-corrected chi connectivity index (χ1v) is 12.4. The maximum absolute atomic E-state index is 13.7. The Balaban J connectivity index is 1.60. The van der Waals surface area contributed by atoms with E-state index in [2.05, 4.69) is 10.1 Å². The molecular weight excluding hydrogens is 516 g/mol. The number of anilines is 2. The van der Waals surface area contributed by atoms with Crippen LogP contribution in [0.5, 0.6) is 0 Å². The van der Waals surface area contributed by atoms with E-state index >= 15 is 0 Å². The third-order valence-corrected chi connectivity index (χ3v) is 6.55. The van der Waals surface area contributed by atoms with Crippen molar-refractivity contribution in [2.45, 2.75) is 19.4 Å². The van der Waals surface area contributed by atoms with Gasteiger partial charge >= 0.3 is 5.97 Å². The molecule has 8 nitrogen and oxygen atoms in total. The second kappa shape index (κ2) is 12.1. The summed E-state index contributed by atoms with van der Waals surface area (Å²) >= 11 is 0. The van der Waals surface area contributed by atoms with Crippen LogP contribution in [0, 0.1) is 0 Å². The van der Waals surface area contributed by atoms with Gasteiger partial charge in [0.15, 0.2) is 0 Å². The fourth-order valence-electron chi connectivity index (χ4n) is 4.20. The Morgan fingerprint density at radius 2 is 1.85 bits per heavy atom. The van der Waals surface area contributed by atoms with Crippen molar-refractivity contribution >= 4 is 40.3 Å². The Morgan fingerprint density at radius 3 is 2.56 bits per heavy atom. The van der Waals surface area contributed by atoms with E-state index in [1.54, 1.807) is 0 Å². The van der Waals surface area contributed by atoms with Crippen molar-refractivity contribution in [2.24, 2.45) is 0 Å². The molecule has 2 aliphatic heterocycles. The number of carbonyl (C=O) groups excluding carboxylic acids is 3. The van der Waals surface area contributed by atoms with Gasteiger partial charge in [-0.15, -0.1) is 0 Å². The largest absolute Gasteiger partial charge is 0.465 e. The average molecular weight is 568 g/mol. The molecule has 2 aliphatic rings. The number of hydrogen-bond donors (Lipinski definition) is 1. The van der Waals surface area contributed by atoms with Crippen molar-refractivity contribution in [3.05, 3.63) is 94.9 Å². The molecular formula is C33H36N4O4. The van der Waals surface area contributed by atoms with Crippen molar-refractivity contribution in [1.29, 1.82) is 0 Å². The smallest absolute Gasteiger partial charge is 0.337 e. The molecule has 0 aliphatic carbocycles. The van der Waals surface area contributed by atoms with Crippen molar-refractivity contribution in [3.8, 4) is 0 Å². The molecule has 3 aromatic carbocycles. The highest BCUT2D eigenvalue weighted by Gasteiger charge is 2.29. The zero-order chi connectivity index (χ0) is 42.4. The first-order valence-electron chi connectivity index (χ1n) is 19.9. The van der Waals surface area contributed by atoms with Crippen LogP contribution >= 0.6 is 0 Å². The van der Waals surface area contributed by atoms with E-state index in [1.807, 2.05) is 0 Å². The molecule has 1 atom stereocenters. The van der Waals surface area contributed by atoms with Crippen LogP contribution in [0.15, 0.2) is 72.6 Å². The monoisotopic (exact) mass is 567 g/mol. The van der Waals surface area contributed by atoms with E-state index < -0.39 is 109 Å². The lowest BCUT2D eigenvalue weighted by molar-refractivity contribution is -0.120. The van der Waals surface area contributed by atoms with Crippen molar-refractivity contribution in [1.82, 2.24) is 9.80 Å². The fourth-order valence-corrected chi connectivity index (χ4v) is 4.20. The van der Waals surface area contributed by atoms with Crippen LogP contribution in [0.25, 0.3) is 11.1 Å². The Kier molecular flexibility index (Phi) is 4.45. The highest BCUT2D eigenvalue weighted by molar-refractivity contribution is 6.37. The number of esters is 1. The van der Waals surface area contributed by atoms with E-state index in [0.29, 0.717) is 15.4 Å². The summed E-state index contributed by atoms with van der Waals surface area (Å²) in [6, 6.07) is -2.13. The highest BCUT2D eigenvalue weighted by Crippen LogP contribution is 2.39. The zero-order valence-corrected chi connectivity index (χ0v) is 22.7. The fraction of sp³-hybridized carbons (Fsp3) is 0.303. The van der Waals surface area contributed by atoms with E-state index in [0.717, 1.165) is 26.0 Å². The van der Waals surface area contributed by atoms with Gasteiger partial charge in [0, 0.05) is 59.1 Å². The van der Waals surface area contributed by atoms with Crippen LogP contribution in [0.2, 0.25) is 0 Å². The van der Waals surface area contributed by atoms with Crippen LogP contribution in [-0.4, -0.2) is 80.8 Å². The number of fused-ring (bicyclic) bond motifs is 1. The Bertz CT molecular complexity index is 2170. The maximum Gasteiger partial charge on any atom is 0.337 e. The molecule has 0 radical (unpaired) electrons. The third kappa shape index (κ3) is 6.09. The average Bonchev–Trinajstić information content (AvgIpc) is 3.49. The summed E-state index contributed by atoms with van der Waals surface area (Å²) in [5.74, 6) is -2.91. The number of hydrogen-bond acceptors (Lipinski definition) is 6. The van der Waals surface area contributed by atoms with Gasteiger partial charge in [-0.1, -0.05) is 48.4 Å². The van der Waals surface area contributed by atoms with E-state index in [-0.39, 0.29) is 34.5 Å². The molecule has 1 fully saturated rings. The van der Waals surface area contributed by atoms with Crippen LogP contribution in [0.3, 0.4) is 0 Å². The number of nitrogens with zero attached hydrogens (tertiary/aromatic N) is 3. The number of ether oxygens (including phenoxy) is 1. The van der Waals surface area contributed by atoms with Gasteiger partial charge in [-0.2, -0.15) is 0 Å². The van der Waals surface area contributed by atoms with E-state index in [1.165, 1.54) is 31.3 Å². The maximum atomic E-state index is 13.7. The minimum atomic E-state index is -3.06. The molecule has 0 saturated carbocycles. The number of benzene rings is 3. The number of allylic oxidation sites excluding steroid dienone is 1. The van der Waals surface area contributed by atoms with Crippen LogP contribution in [0.1, 0.15) is 54.5 Å². The molecule has 1 unspecified atom stereocenters. The second-order valence-corrected chi connectivity index (χ2v) is 9.16. The van der Waals surface area contributed by atoms with Crippen molar-refractivity contribution < 1.29 is 39.7 Å². The lowest BCUT2D eigenvalue weighted by Crippen LogP contribution is -2.52. The topological polar surface area (TPSA) is 82.2 Å². The number of rotatable bonds is 7. The standard InChI is InChI=1S/C33H36N4O4/c1-22-20-37(17-16-35(22)2)21-30(38)36(3)26-13-10-23(11-14-26)18-28(24-8-6-5-7-9-24)31-27-15-12-25(33(40)41-4)19-29(27)34-32(31)39/h5-15,19,22H,16-18,20-21H2,1-4H3,(H,34,39)/b31-28+/i5D,6D,7D,8D,9D,12D,15D,16D2,17D2,19D,20D2,22D. The Morgan fingerprint density at radius 1 is 1.12 bits per heavy atom. The van der Waals surface area contributed by atoms with Crippen LogP contribution in [-0.2, 0) is 20.7 Å². The number of methoxy groups -OCH3 is 1. The molecule has 0 aromatic heterocycles. The molecule has 212 valence electrons. The van der Waals surface area contributed by atoms with Gasteiger partial charge < -0.3 is 19.9 Å². The quantitative estimate of drug-likeness (QED) is 0.341. The predicted octanol–water partition coefficient (Wildman–Crippen LogP) is 4.18. The Labute approximate surface area is 262 Å². The molecule has 8 heteroatoms. The lowest BCUT2D eigenvalue weighted by Gasteiger charge is -2.37. The minimum absolute atomic E-state index is 0.180. The molecule has 0 spiro atoms. The second-order valence-electron chi connectivity index (χ2n) is 9.16. The normalized spacial score (nSPS) is 29.2. The van der Waals surface area contributed by atoms with Gasteiger partial charge in [-0.25, -0.2) is 4.79 Å². The third-order valence-electron chi connectivity index (χ3n) is 6.55. The minimum Gasteiger partial charge on any atom is -0.465 e. The number of amides is 2. The van der Waals surface area contributed by atoms with Gasteiger partial charge in [0.25, 0.3) is 5.91 Å². The van der Waals surface area contributed by atoms with Crippen LogP contribution in [0.4, 0.5) is 11.4 Å². The highest BCUT2D eigenvalue weighted by atomic mass is 16.5. The van der Waals surface area contributed by atoms with E-state index in [4.69, 9.17) is 20.6 Å². The number of likely N-dealkylation sites (N-methyl/N-ethyl adjacent to an activating group) is 2. The summed E-state index contributed by atoms with van der Waals surface area (Å²) in [7, 11) is 3.40. The van der Waals surface area contributed by atoms with Crippen LogP contribution < -0.4 is 10.2 Å². The molecule has 1 saturated heterocycles. The summed E-state index contributed by atoms with van der Waals surface area (Å²) in [4.78, 5) is 41.8. The first kappa shape index (κ1) is 15.1. The summed E-state index contributed by atoms with van der Waals surface area (Å²) in [5.41, 5.74) is -1.66. The van der Waals surface area contributed by atoms with Gasteiger partial charge in [0.1, 0.15) is 0 Å². The summed E-state index contributed by atoms with van der Waals surface area (Å²) < 4.78 is 132. The SMILES string of the molecule is [2H]c1c([2H])c([2H])c(/C(Cc2ccc(N(C)C(=O)CN3C([2H])([2H])C([2H])([2H])N(C)C([2H])(C)C3([2H])[2H])cc2)=C2/C(=O)Nc3c([2H])c(C(=O)OC)c([2H])c([2H])c32)c([2H])c1[2H]. The molecule has 3 aromatic rings. The summed E-state index contributed by atoms with van der Waals surface area (Å²) in [5, 5.41) is 2.42.